The molecule has 0 saturated carbocycles. The largest absolute Gasteiger partial charge is 0.337 e. The van der Waals surface area contributed by atoms with E-state index >= 15 is 0 Å². The first-order chi connectivity index (χ1) is 10.2. The van der Waals surface area contributed by atoms with Crippen molar-refractivity contribution >= 4 is 26.8 Å². The summed E-state index contributed by atoms with van der Waals surface area (Å²) < 4.78 is 6.08. The van der Waals surface area contributed by atoms with E-state index in [-0.39, 0.29) is 6.04 Å². The average Bonchev–Trinajstić information content (AvgIpc) is 2.96. The highest BCUT2D eigenvalue weighted by Crippen LogP contribution is 2.28. The Morgan fingerprint density at radius 3 is 2.90 bits per heavy atom. The summed E-state index contributed by atoms with van der Waals surface area (Å²) in [6.45, 7) is 2.07. The van der Waals surface area contributed by atoms with Crippen LogP contribution >= 0.6 is 15.9 Å². The Kier molecular flexibility index (Phi) is 3.98. The van der Waals surface area contributed by atoms with Crippen LogP contribution in [0.4, 0.5) is 0 Å². The summed E-state index contributed by atoms with van der Waals surface area (Å²) >= 11 is 3.52. The van der Waals surface area contributed by atoms with Gasteiger partial charge in [-0.25, -0.2) is 4.98 Å². The van der Waals surface area contributed by atoms with E-state index in [1.54, 1.807) is 0 Å². The smallest absolute Gasteiger partial charge is 0.243 e. The predicted octanol–water partition coefficient (Wildman–Crippen LogP) is 3.85. The van der Waals surface area contributed by atoms with Crippen molar-refractivity contribution in [2.45, 2.75) is 25.8 Å². The van der Waals surface area contributed by atoms with Gasteiger partial charge in [-0.2, -0.15) is 4.98 Å². The van der Waals surface area contributed by atoms with Crippen LogP contribution in [0.2, 0.25) is 0 Å². The van der Waals surface area contributed by atoms with Gasteiger partial charge in [-0.15, -0.1) is 0 Å². The van der Waals surface area contributed by atoms with E-state index in [1.807, 2.05) is 30.3 Å². The zero-order valence-corrected chi connectivity index (χ0v) is 13.2. The van der Waals surface area contributed by atoms with E-state index in [9.17, 15) is 0 Å². The van der Waals surface area contributed by atoms with Gasteiger partial charge < -0.3 is 10.3 Å². The summed E-state index contributed by atoms with van der Waals surface area (Å²) in [5.74, 6) is 0.905. The number of fused-ring (bicyclic) bond motifs is 1. The van der Waals surface area contributed by atoms with Crippen LogP contribution in [0.3, 0.4) is 0 Å². The fraction of sp³-hybridized carbons (Fsp3) is 0.267. The minimum absolute atomic E-state index is 0.226. The van der Waals surface area contributed by atoms with Crippen molar-refractivity contribution in [3.8, 4) is 11.5 Å². The van der Waals surface area contributed by atoms with Gasteiger partial charge in [0, 0.05) is 9.86 Å². The van der Waals surface area contributed by atoms with Crippen molar-refractivity contribution in [2.75, 3.05) is 0 Å². The molecule has 1 aromatic carbocycles. The van der Waals surface area contributed by atoms with Crippen LogP contribution in [0.1, 0.15) is 31.7 Å². The molecule has 0 aliphatic rings. The highest BCUT2D eigenvalue weighted by Gasteiger charge is 2.17. The van der Waals surface area contributed by atoms with Crippen LogP contribution in [-0.4, -0.2) is 15.1 Å². The van der Waals surface area contributed by atoms with Gasteiger partial charge >= 0.3 is 0 Å². The van der Waals surface area contributed by atoms with Gasteiger partial charge in [-0.3, -0.25) is 0 Å². The van der Waals surface area contributed by atoms with Crippen LogP contribution in [-0.2, 0) is 0 Å². The molecule has 6 heteroatoms. The molecule has 0 unspecified atom stereocenters. The number of pyridine rings is 1. The van der Waals surface area contributed by atoms with Gasteiger partial charge in [0.15, 0.2) is 0 Å². The van der Waals surface area contributed by atoms with Gasteiger partial charge in [0.25, 0.3) is 0 Å². The molecule has 5 nitrogen and oxygen atoms in total. The summed E-state index contributed by atoms with van der Waals surface area (Å²) in [6, 6.07) is 9.67. The summed E-state index contributed by atoms with van der Waals surface area (Å²) in [6.07, 6.45) is 1.78. The molecule has 3 aromatic rings. The van der Waals surface area contributed by atoms with Gasteiger partial charge in [-0.1, -0.05) is 36.7 Å². The molecular formula is C15H15BrN4O. The molecule has 21 heavy (non-hydrogen) atoms. The highest BCUT2D eigenvalue weighted by molar-refractivity contribution is 9.10. The monoisotopic (exact) mass is 346 g/mol. The number of hydrogen-bond donors (Lipinski definition) is 1. The molecule has 0 aliphatic heterocycles. The number of aromatic nitrogens is 3. The maximum atomic E-state index is 6.00. The quantitative estimate of drug-likeness (QED) is 0.776. The lowest BCUT2D eigenvalue weighted by molar-refractivity contribution is 0.348. The molecule has 0 bridgehead atoms. The van der Waals surface area contributed by atoms with Crippen molar-refractivity contribution in [2.24, 2.45) is 5.73 Å². The van der Waals surface area contributed by atoms with Crippen molar-refractivity contribution in [1.82, 2.24) is 15.1 Å². The summed E-state index contributed by atoms with van der Waals surface area (Å²) in [5, 5.41) is 5.05. The van der Waals surface area contributed by atoms with Crippen LogP contribution in [0.5, 0.6) is 0 Å². The van der Waals surface area contributed by atoms with E-state index in [0.29, 0.717) is 17.4 Å². The Balaban J connectivity index is 2.02. The lowest BCUT2D eigenvalue weighted by Crippen LogP contribution is -2.09. The molecule has 0 saturated heterocycles. The number of benzene rings is 1. The zero-order valence-electron chi connectivity index (χ0n) is 11.6. The third-order valence-corrected chi connectivity index (χ3v) is 3.85. The second kappa shape index (κ2) is 5.91. The maximum Gasteiger partial charge on any atom is 0.243 e. The molecule has 0 spiro atoms. The first-order valence-corrected chi connectivity index (χ1v) is 7.63. The Morgan fingerprint density at radius 1 is 1.29 bits per heavy atom. The molecule has 108 valence electrons. The van der Waals surface area contributed by atoms with E-state index in [4.69, 9.17) is 10.3 Å². The molecule has 1 atom stereocenters. The normalized spacial score (nSPS) is 12.7. The Labute approximate surface area is 130 Å². The minimum Gasteiger partial charge on any atom is -0.337 e. The van der Waals surface area contributed by atoms with E-state index in [1.165, 1.54) is 0 Å². The first-order valence-electron chi connectivity index (χ1n) is 6.84. The van der Waals surface area contributed by atoms with Crippen LogP contribution in [0, 0.1) is 0 Å². The van der Waals surface area contributed by atoms with Crippen LogP contribution < -0.4 is 5.73 Å². The Hall–Kier alpha value is -1.79. The number of rotatable bonds is 4. The van der Waals surface area contributed by atoms with E-state index < -0.39 is 0 Å². The summed E-state index contributed by atoms with van der Waals surface area (Å²) in [7, 11) is 0. The van der Waals surface area contributed by atoms with Gasteiger partial charge in [0.05, 0.1) is 11.6 Å². The first kappa shape index (κ1) is 14.2. The molecule has 0 aliphatic carbocycles. The van der Waals surface area contributed by atoms with E-state index in [0.717, 1.165) is 28.2 Å². The number of halogens is 1. The SMILES string of the molecule is CCC[C@H](N)c1nc(-c2nc3ccccc3cc2Br)no1. The molecular weight excluding hydrogens is 332 g/mol. The topological polar surface area (TPSA) is 77.8 Å². The number of para-hydroxylation sites is 1. The lowest BCUT2D eigenvalue weighted by Gasteiger charge is -2.03. The predicted molar refractivity (Wildman–Crippen MR) is 84.6 cm³/mol. The van der Waals surface area contributed by atoms with Gasteiger partial charge in [0.1, 0.15) is 5.69 Å². The zero-order chi connectivity index (χ0) is 14.8. The van der Waals surface area contributed by atoms with Crippen molar-refractivity contribution in [3.05, 3.63) is 40.7 Å². The minimum atomic E-state index is -0.226. The number of hydrogen-bond acceptors (Lipinski definition) is 5. The van der Waals surface area contributed by atoms with Crippen molar-refractivity contribution in [1.29, 1.82) is 0 Å². The van der Waals surface area contributed by atoms with E-state index in [2.05, 4.69) is 38.0 Å². The molecule has 2 heterocycles. The molecule has 2 N–H and O–H groups in total. The summed E-state index contributed by atoms with van der Waals surface area (Å²) in [4.78, 5) is 8.96. The molecule has 0 amide bonds. The highest BCUT2D eigenvalue weighted by atomic mass is 79.9. The Morgan fingerprint density at radius 2 is 2.10 bits per heavy atom. The molecule has 3 rings (SSSR count). The average molecular weight is 347 g/mol. The number of nitrogens with zero attached hydrogens (tertiary/aromatic N) is 3. The van der Waals surface area contributed by atoms with Gasteiger partial charge in [-0.05, 0) is 34.5 Å². The van der Waals surface area contributed by atoms with Crippen molar-refractivity contribution in [3.63, 3.8) is 0 Å². The van der Waals surface area contributed by atoms with Crippen LogP contribution in [0.25, 0.3) is 22.4 Å². The molecule has 0 radical (unpaired) electrons. The second-order valence-corrected chi connectivity index (χ2v) is 5.72. The second-order valence-electron chi connectivity index (χ2n) is 4.86. The maximum absolute atomic E-state index is 6.00. The Bertz CT molecular complexity index is 771. The fourth-order valence-corrected chi connectivity index (χ4v) is 2.68. The summed E-state index contributed by atoms with van der Waals surface area (Å²) in [5.41, 5.74) is 7.55. The number of nitrogens with two attached hydrogens (primary N) is 1. The molecule has 2 aromatic heterocycles. The third kappa shape index (κ3) is 2.82. The van der Waals surface area contributed by atoms with Crippen LogP contribution in [0.15, 0.2) is 39.3 Å². The van der Waals surface area contributed by atoms with Gasteiger partial charge in [0.2, 0.25) is 11.7 Å². The molecule has 0 fully saturated rings. The third-order valence-electron chi connectivity index (χ3n) is 3.25. The standard InChI is InChI=1S/C15H15BrN4O/c1-2-5-11(17)15-19-14(20-21-15)13-10(16)8-9-6-3-4-7-12(9)18-13/h3-4,6-8,11H,2,5,17H2,1H3/t11-/m0/s1. The lowest BCUT2D eigenvalue weighted by atomic mass is 10.2. The fourth-order valence-electron chi connectivity index (χ4n) is 2.16. The van der Waals surface area contributed by atoms with Crippen molar-refractivity contribution < 1.29 is 4.52 Å².